The van der Waals surface area contributed by atoms with Crippen molar-refractivity contribution in [2.45, 2.75) is 18.2 Å². The number of anilines is 2. The molecule has 1 amide bonds. The molecule has 0 radical (unpaired) electrons. The zero-order chi connectivity index (χ0) is 15.7. The fraction of sp³-hybridized carbons (Fsp3) is 0.200. The van der Waals surface area contributed by atoms with Gasteiger partial charge >= 0.3 is 0 Å². The van der Waals surface area contributed by atoms with Crippen LogP contribution in [-0.4, -0.2) is 25.9 Å². The van der Waals surface area contributed by atoms with Gasteiger partial charge in [-0.05, 0) is 42.3 Å². The van der Waals surface area contributed by atoms with E-state index >= 15 is 0 Å². The number of aromatic nitrogens is 1. The molecule has 2 heterocycles. The van der Waals surface area contributed by atoms with Gasteiger partial charge in [-0.15, -0.1) is 0 Å². The van der Waals surface area contributed by atoms with Gasteiger partial charge in [0.1, 0.15) is 5.82 Å². The monoisotopic (exact) mass is 317 g/mol. The number of carbonyl (C=O) groups is 1. The summed E-state index contributed by atoms with van der Waals surface area (Å²) in [7, 11) is -3.69. The standard InChI is InChI=1S/C15H15N3O3S/c1-11(19)18-9-7-12-10-13(5-6-14(12)18)22(20,21)17-15-4-2-3-8-16-15/h2-6,8,10H,7,9H2,1H3,(H,16,17). The molecule has 1 aliphatic heterocycles. The van der Waals surface area contributed by atoms with Crippen molar-refractivity contribution in [3.05, 3.63) is 48.2 Å². The van der Waals surface area contributed by atoms with Gasteiger partial charge in [-0.1, -0.05) is 6.07 Å². The van der Waals surface area contributed by atoms with E-state index < -0.39 is 10.0 Å². The van der Waals surface area contributed by atoms with Gasteiger partial charge in [-0.2, -0.15) is 0 Å². The third kappa shape index (κ3) is 2.67. The highest BCUT2D eigenvalue weighted by Gasteiger charge is 2.24. The van der Waals surface area contributed by atoms with Gasteiger partial charge in [0.2, 0.25) is 5.91 Å². The molecule has 0 unspecified atom stereocenters. The van der Waals surface area contributed by atoms with E-state index in [0.29, 0.717) is 13.0 Å². The molecule has 1 aromatic heterocycles. The normalized spacial score (nSPS) is 13.8. The molecule has 2 aromatic rings. The molecule has 114 valence electrons. The van der Waals surface area contributed by atoms with Gasteiger partial charge in [-0.3, -0.25) is 9.52 Å². The Balaban J connectivity index is 1.91. The first kappa shape index (κ1) is 14.5. The lowest BCUT2D eigenvalue weighted by atomic mass is 10.2. The van der Waals surface area contributed by atoms with E-state index in [0.717, 1.165) is 11.3 Å². The molecule has 3 rings (SSSR count). The van der Waals surface area contributed by atoms with Crippen LogP contribution in [0.25, 0.3) is 0 Å². The summed E-state index contributed by atoms with van der Waals surface area (Å²) >= 11 is 0. The Morgan fingerprint density at radius 3 is 2.77 bits per heavy atom. The van der Waals surface area contributed by atoms with Gasteiger partial charge in [0, 0.05) is 25.4 Å². The molecule has 0 saturated carbocycles. The van der Waals surface area contributed by atoms with Gasteiger partial charge < -0.3 is 4.90 Å². The molecule has 6 nitrogen and oxygen atoms in total. The summed E-state index contributed by atoms with van der Waals surface area (Å²) in [5.41, 5.74) is 1.64. The molecule has 1 aliphatic rings. The van der Waals surface area contributed by atoms with Crippen LogP contribution in [0.5, 0.6) is 0 Å². The second-order valence-corrected chi connectivity index (χ2v) is 6.71. The van der Waals surface area contributed by atoms with Crippen molar-refractivity contribution in [1.29, 1.82) is 0 Å². The Bertz CT molecular complexity index is 819. The number of pyridine rings is 1. The second kappa shape index (κ2) is 5.42. The van der Waals surface area contributed by atoms with Crippen molar-refractivity contribution in [1.82, 2.24) is 4.98 Å². The number of hydrogen-bond acceptors (Lipinski definition) is 4. The Labute approximate surface area is 128 Å². The number of nitrogens with zero attached hydrogens (tertiary/aromatic N) is 2. The zero-order valence-electron chi connectivity index (χ0n) is 12.0. The van der Waals surface area contributed by atoms with Crippen LogP contribution in [0.15, 0.2) is 47.5 Å². The quantitative estimate of drug-likeness (QED) is 0.936. The summed E-state index contributed by atoms with van der Waals surface area (Å²) in [6.07, 6.45) is 2.17. The highest BCUT2D eigenvalue weighted by atomic mass is 32.2. The molecule has 0 fully saturated rings. The molecule has 0 spiro atoms. The minimum absolute atomic E-state index is 0.0408. The van der Waals surface area contributed by atoms with E-state index in [1.807, 2.05) is 0 Å². The van der Waals surface area contributed by atoms with Crippen LogP contribution in [0.4, 0.5) is 11.5 Å². The second-order valence-electron chi connectivity index (χ2n) is 5.03. The fourth-order valence-corrected chi connectivity index (χ4v) is 3.55. The van der Waals surface area contributed by atoms with Crippen LogP contribution in [0.3, 0.4) is 0 Å². The highest BCUT2D eigenvalue weighted by molar-refractivity contribution is 7.92. The van der Waals surface area contributed by atoms with Gasteiger partial charge in [0.05, 0.1) is 4.90 Å². The van der Waals surface area contributed by atoms with E-state index in [2.05, 4.69) is 9.71 Å². The molecular formula is C15H15N3O3S. The van der Waals surface area contributed by atoms with Crippen LogP contribution in [-0.2, 0) is 21.2 Å². The first-order valence-electron chi connectivity index (χ1n) is 6.82. The van der Waals surface area contributed by atoms with Crippen LogP contribution in [0.1, 0.15) is 12.5 Å². The summed E-state index contributed by atoms with van der Waals surface area (Å²) in [6.45, 7) is 2.09. The van der Waals surface area contributed by atoms with Gasteiger partial charge in [-0.25, -0.2) is 13.4 Å². The minimum atomic E-state index is -3.69. The maximum Gasteiger partial charge on any atom is 0.263 e. The number of nitrogens with one attached hydrogen (secondary N) is 1. The summed E-state index contributed by atoms with van der Waals surface area (Å²) in [5.74, 6) is 0.231. The van der Waals surface area contributed by atoms with Crippen molar-refractivity contribution < 1.29 is 13.2 Å². The number of hydrogen-bond donors (Lipinski definition) is 1. The third-order valence-corrected chi connectivity index (χ3v) is 4.89. The van der Waals surface area contributed by atoms with E-state index in [9.17, 15) is 13.2 Å². The summed E-state index contributed by atoms with van der Waals surface area (Å²) < 4.78 is 27.2. The number of rotatable bonds is 3. The van der Waals surface area contributed by atoms with Gasteiger partial charge in [0.15, 0.2) is 0 Å². The fourth-order valence-electron chi connectivity index (χ4n) is 2.49. The molecule has 7 heteroatoms. The molecule has 0 bridgehead atoms. The van der Waals surface area contributed by atoms with Crippen LogP contribution in [0, 0.1) is 0 Å². The Morgan fingerprint density at radius 1 is 1.27 bits per heavy atom. The van der Waals surface area contributed by atoms with E-state index in [1.54, 1.807) is 35.2 Å². The lowest BCUT2D eigenvalue weighted by Gasteiger charge is -2.15. The maximum atomic E-state index is 12.4. The molecule has 0 aliphatic carbocycles. The lowest BCUT2D eigenvalue weighted by molar-refractivity contribution is -0.116. The van der Waals surface area contributed by atoms with E-state index in [-0.39, 0.29) is 16.6 Å². The highest BCUT2D eigenvalue weighted by Crippen LogP contribution is 2.30. The first-order valence-corrected chi connectivity index (χ1v) is 8.30. The van der Waals surface area contributed by atoms with Crippen molar-refractivity contribution >= 4 is 27.4 Å². The number of amides is 1. The van der Waals surface area contributed by atoms with Crippen molar-refractivity contribution in [3.63, 3.8) is 0 Å². The van der Waals surface area contributed by atoms with Crippen molar-refractivity contribution in [3.8, 4) is 0 Å². The van der Waals surface area contributed by atoms with Crippen LogP contribution in [0.2, 0.25) is 0 Å². The number of benzene rings is 1. The average Bonchev–Trinajstić information content (AvgIpc) is 2.91. The topological polar surface area (TPSA) is 79.4 Å². The average molecular weight is 317 g/mol. The minimum Gasteiger partial charge on any atom is -0.312 e. The summed E-state index contributed by atoms with van der Waals surface area (Å²) in [6, 6.07) is 9.80. The molecule has 1 N–H and O–H groups in total. The smallest absolute Gasteiger partial charge is 0.263 e. The van der Waals surface area contributed by atoms with Gasteiger partial charge in [0.25, 0.3) is 10.0 Å². The first-order chi connectivity index (χ1) is 10.5. The van der Waals surface area contributed by atoms with Crippen molar-refractivity contribution in [2.75, 3.05) is 16.2 Å². The number of sulfonamides is 1. The number of carbonyl (C=O) groups excluding carboxylic acids is 1. The molecule has 22 heavy (non-hydrogen) atoms. The molecule has 0 atom stereocenters. The van der Waals surface area contributed by atoms with E-state index in [1.165, 1.54) is 19.2 Å². The predicted octanol–water partition coefficient (Wildman–Crippen LogP) is 1.79. The van der Waals surface area contributed by atoms with Crippen molar-refractivity contribution in [2.24, 2.45) is 0 Å². The van der Waals surface area contributed by atoms with Crippen LogP contribution < -0.4 is 9.62 Å². The summed E-state index contributed by atoms with van der Waals surface area (Å²) in [5, 5.41) is 0. The summed E-state index contributed by atoms with van der Waals surface area (Å²) in [4.78, 5) is 17.3. The van der Waals surface area contributed by atoms with Crippen LogP contribution >= 0.6 is 0 Å². The number of fused-ring (bicyclic) bond motifs is 1. The molecular weight excluding hydrogens is 302 g/mol. The molecule has 1 aromatic carbocycles. The lowest BCUT2D eigenvalue weighted by Crippen LogP contribution is -2.25. The Hall–Kier alpha value is -2.41. The Morgan fingerprint density at radius 2 is 2.09 bits per heavy atom. The predicted molar refractivity (Wildman–Crippen MR) is 83.2 cm³/mol. The SMILES string of the molecule is CC(=O)N1CCc2cc(S(=O)(=O)Nc3ccccn3)ccc21. The zero-order valence-corrected chi connectivity index (χ0v) is 12.8. The Kier molecular flexibility index (Phi) is 3.58. The third-order valence-electron chi connectivity index (χ3n) is 3.54. The van der Waals surface area contributed by atoms with E-state index in [4.69, 9.17) is 0 Å². The maximum absolute atomic E-state index is 12.4. The largest absolute Gasteiger partial charge is 0.312 e. The molecule has 0 saturated heterocycles.